The van der Waals surface area contributed by atoms with E-state index < -0.39 is 0 Å². The lowest BCUT2D eigenvalue weighted by atomic mass is 10.1. The van der Waals surface area contributed by atoms with Crippen LogP contribution in [-0.4, -0.2) is 10.1 Å². The van der Waals surface area contributed by atoms with E-state index in [-0.39, 0.29) is 5.75 Å². The van der Waals surface area contributed by atoms with Gasteiger partial charge in [-0.25, -0.2) is 4.98 Å². The summed E-state index contributed by atoms with van der Waals surface area (Å²) >= 11 is 3.42. The average molecular weight is 306 g/mol. The number of aromatic hydroxyl groups is 1. The molecule has 1 aromatic carbocycles. The van der Waals surface area contributed by atoms with Crippen molar-refractivity contribution in [1.29, 1.82) is 0 Å². The number of phenolic OH excluding ortho intramolecular Hbond substituents is 1. The van der Waals surface area contributed by atoms with Crippen molar-refractivity contribution in [3.05, 3.63) is 52.1 Å². The summed E-state index contributed by atoms with van der Waals surface area (Å²) in [5, 5.41) is 17.8. The molecule has 92 valence electrons. The van der Waals surface area contributed by atoms with E-state index in [0.717, 1.165) is 15.6 Å². The van der Waals surface area contributed by atoms with Gasteiger partial charge in [-0.15, -0.1) is 5.11 Å². The Morgan fingerprint density at radius 3 is 2.89 bits per heavy atom. The first-order valence-corrected chi connectivity index (χ1v) is 6.22. The molecule has 5 heteroatoms. The van der Waals surface area contributed by atoms with Gasteiger partial charge in [0.1, 0.15) is 5.75 Å². The van der Waals surface area contributed by atoms with Gasteiger partial charge in [0, 0.05) is 16.2 Å². The minimum absolute atomic E-state index is 0.232. The van der Waals surface area contributed by atoms with Gasteiger partial charge in [-0.3, -0.25) is 0 Å². The number of hydrogen-bond acceptors (Lipinski definition) is 4. The Balaban J connectivity index is 2.11. The van der Waals surface area contributed by atoms with Crippen molar-refractivity contribution in [2.24, 2.45) is 10.2 Å². The highest BCUT2D eigenvalue weighted by atomic mass is 79.9. The molecule has 0 aliphatic carbocycles. The Hall–Kier alpha value is -1.75. The smallest absolute Gasteiger partial charge is 0.173 e. The van der Waals surface area contributed by atoms with E-state index in [4.69, 9.17) is 0 Å². The molecule has 0 bridgehead atoms. The number of aromatic nitrogens is 1. The molecule has 2 rings (SSSR count). The third-order valence-electron chi connectivity index (χ3n) is 2.42. The van der Waals surface area contributed by atoms with Crippen molar-refractivity contribution in [1.82, 2.24) is 4.98 Å². The van der Waals surface area contributed by atoms with Crippen molar-refractivity contribution in [2.45, 2.75) is 13.5 Å². The second kappa shape index (κ2) is 5.73. The van der Waals surface area contributed by atoms with Gasteiger partial charge in [0.2, 0.25) is 0 Å². The van der Waals surface area contributed by atoms with Gasteiger partial charge in [-0.1, -0.05) is 22.0 Å². The maximum absolute atomic E-state index is 9.77. The number of halogens is 1. The van der Waals surface area contributed by atoms with Crippen LogP contribution in [0.1, 0.15) is 11.1 Å². The normalized spacial score (nSPS) is 11.0. The highest BCUT2D eigenvalue weighted by Gasteiger charge is 2.04. The van der Waals surface area contributed by atoms with Crippen molar-refractivity contribution in [3.8, 4) is 5.75 Å². The molecule has 0 unspecified atom stereocenters. The Labute approximate surface area is 114 Å². The van der Waals surface area contributed by atoms with E-state index in [2.05, 4.69) is 31.1 Å². The summed E-state index contributed by atoms with van der Waals surface area (Å²) in [4.78, 5) is 4.03. The average Bonchev–Trinajstić information content (AvgIpc) is 2.37. The van der Waals surface area contributed by atoms with Crippen LogP contribution in [0.2, 0.25) is 0 Å². The molecule has 0 aliphatic heterocycles. The third kappa shape index (κ3) is 3.13. The molecule has 1 heterocycles. The molecule has 0 radical (unpaired) electrons. The number of nitrogens with zero attached hydrogens (tertiary/aromatic N) is 3. The fourth-order valence-electron chi connectivity index (χ4n) is 1.43. The lowest BCUT2D eigenvalue weighted by Gasteiger charge is -2.04. The monoisotopic (exact) mass is 305 g/mol. The Bertz CT molecular complexity index is 570. The van der Waals surface area contributed by atoms with Crippen LogP contribution in [0.15, 0.2) is 51.2 Å². The molecule has 4 nitrogen and oxygen atoms in total. The molecule has 1 N–H and O–H groups in total. The number of phenols is 1. The first-order chi connectivity index (χ1) is 8.66. The van der Waals surface area contributed by atoms with Crippen LogP contribution < -0.4 is 0 Å². The summed E-state index contributed by atoms with van der Waals surface area (Å²) < 4.78 is 0.948. The van der Waals surface area contributed by atoms with Crippen LogP contribution in [0.3, 0.4) is 0 Å². The fourth-order valence-corrected chi connectivity index (χ4v) is 1.82. The van der Waals surface area contributed by atoms with Gasteiger partial charge in [0.05, 0.1) is 6.54 Å². The molecule has 0 spiro atoms. The molecule has 0 saturated carbocycles. The van der Waals surface area contributed by atoms with E-state index in [9.17, 15) is 5.11 Å². The third-order valence-corrected chi connectivity index (χ3v) is 3.28. The number of hydrogen-bond donors (Lipinski definition) is 1. The molecule has 0 aliphatic rings. The summed E-state index contributed by atoms with van der Waals surface area (Å²) in [6.45, 7) is 2.24. The van der Waals surface area contributed by atoms with E-state index >= 15 is 0 Å². The van der Waals surface area contributed by atoms with E-state index in [1.54, 1.807) is 18.3 Å². The fraction of sp³-hybridized carbons (Fsp3) is 0.154. The van der Waals surface area contributed by atoms with Crippen LogP contribution in [0.4, 0.5) is 5.82 Å². The Morgan fingerprint density at radius 2 is 2.17 bits per heavy atom. The SMILES string of the molecule is Cc1cc(O)c(CN=Nc2ccccn2)cc1Br. The van der Waals surface area contributed by atoms with Gasteiger partial charge in [-0.05, 0) is 36.8 Å². The van der Waals surface area contributed by atoms with Crippen LogP contribution in [0, 0.1) is 6.92 Å². The number of benzene rings is 1. The standard InChI is InChI=1S/C13H12BrN3O/c1-9-6-12(18)10(7-11(9)14)8-16-17-13-4-2-3-5-15-13/h2-7,18H,8H2,1H3. The predicted molar refractivity (Wildman–Crippen MR) is 73.0 cm³/mol. The number of aryl methyl sites for hydroxylation is 1. The molecule has 18 heavy (non-hydrogen) atoms. The van der Waals surface area contributed by atoms with Crippen molar-refractivity contribution < 1.29 is 5.11 Å². The number of pyridine rings is 1. The van der Waals surface area contributed by atoms with E-state index in [1.807, 2.05) is 25.1 Å². The molecular formula is C13H12BrN3O. The first kappa shape index (κ1) is 12.7. The van der Waals surface area contributed by atoms with Crippen LogP contribution >= 0.6 is 15.9 Å². The van der Waals surface area contributed by atoms with Crippen molar-refractivity contribution >= 4 is 21.7 Å². The predicted octanol–water partition coefficient (Wildman–Crippen LogP) is 4.14. The number of rotatable bonds is 3. The lowest BCUT2D eigenvalue weighted by Crippen LogP contribution is -1.85. The van der Waals surface area contributed by atoms with E-state index in [0.29, 0.717) is 12.4 Å². The molecule has 0 amide bonds. The molecule has 2 aromatic rings. The maximum atomic E-state index is 9.77. The largest absolute Gasteiger partial charge is 0.508 e. The molecule has 1 aromatic heterocycles. The van der Waals surface area contributed by atoms with Crippen LogP contribution in [0.5, 0.6) is 5.75 Å². The second-order valence-electron chi connectivity index (χ2n) is 3.82. The van der Waals surface area contributed by atoms with Crippen LogP contribution in [0.25, 0.3) is 0 Å². The molecule has 0 fully saturated rings. The highest BCUT2D eigenvalue weighted by Crippen LogP contribution is 2.26. The van der Waals surface area contributed by atoms with Gasteiger partial charge < -0.3 is 5.11 Å². The van der Waals surface area contributed by atoms with Gasteiger partial charge in [0.15, 0.2) is 5.82 Å². The minimum atomic E-state index is 0.232. The number of azo groups is 1. The first-order valence-electron chi connectivity index (χ1n) is 5.43. The summed E-state index contributed by atoms with van der Waals surface area (Å²) in [7, 11) is 0. The molecule has 0 atom stereocenters. The molecule has 0 saturated heterocycles. The zero-order valence-electron chi connectivity index (χ0n) is 9.84. The summed E-state index contributed by atoms with van der Waals surface area (Å²) in [6.07, 6.45) is 1.66. The van der Waals surface area contributed by atoms with Gasteiger partial charge in [0.25, 0.3) is 0 Å². The molecular weight excluding hydrogens is 294 g/mol. The summed E-state index contributed by atoms with van der Waals surface area (Å²) in [5.74, 6) is 0.791. The van der Waals surface area contributed by atoms with Gasteiger partial charge in [-0.2, -0.15) is 5.11 Å². The topological polar surface area (TPSA) is 57.8 Å². The Kier molecular flexibility index (Phi) is 4.04. The lowest BCUT2D eigenvalue weighted by molar-refractivity contribution is 0.467. The Morgan fingerprint density at radius 1 is 1.33 bits per heavy atom. The quantitative estimate of drug-likeness (QED) is 0.866. The van der Waals surface area contributed by atoms with Crippen LogP contribution in [-0.2, 0) is 6.54 Å². The minimum Gasteiger partial charge on any atom is -0.508 e. The zero-order chi connectivity index (χ0) is 13.0. The van der Waals surface area contributed by atoms with Gasteiger partial charge >= 0.3 is 0 Å². The van der Waals surface area contributed by atoms with E-state index in [1.165, 1.54) is 0 Å². The summed E-state index contributed by atoms with van der Waals surface area (Å²) in [6, 6.07) is 9.00. The van der Waals surface area contributed by atoms with Crippen molar-refractivity contribution in [2.75, 3.05) is 0 Å². The zero-order valence-corrected chi connectivity index (χ0v) is 11.4. The summed E-state index contributed by atoms with van der Waals surface area (Å²) in [5.41, 5.74) is 1.71. The maximum Gasteiger partial charge on any atom is 0.173 e. The highest BCUT2D eigenvalue weighted by molar-refractivity contribution is 9.10. The second-order valence-corrected chi connectivity index (χ2v) is 4.67. The van der Waals surface area contributed by atoms with Crippen molar-refractivity contribution in [3.63, 3.8) is 0 Å².